The van der Waals surface area contributed by atoms with Crippen LogP contribution in [0.1, 0.15) is 6.42 Å². The molecule has 0 aliphatic rings. The Labute approximate surface area is 72.7 Å². The molecule has 5 nitrogen and oxygen atoms in total. The van der Waals surface area contributed by atoms with Crippen LogP contribution in [-0.4, -0.2) is 28.2 Å². The molecule has 0 fully saturated rings. The minimum absolute atomic E-state index is 0. The van der Waals surface area contributed by atoms with Crippen molar-refractivity contribution >= 4 is 11.9 Å². The minimum Gasteiger partial charge on any atom is -0.862 e. The molecule has 0 saturated heterocycles. The summed E-state index contributed by atoms with van der Waals surface area (Å²) in [7, 11) is 0. The molecule has 1 atom stereocenters. The van der Waals surface area contributed by atoms with Gasteiger partial charge in [-0.3, -0.25) is 0 Å². The summed E-state index contributed by atoms with van der Waals surface area (Å²) < 4.78 is 0. The van der Waals surface area contributed by atoms with Crippen molar-refractivity contribution in [3.8, 4) is 0 Å². The molecule has 62 valence electrons. The van der Waals surface area contributed by atoms with Crippen LogP contribution in [0.5, 0.6) is 0 Å². The summed E-state index contributed by atoms with van der Waals surface area (Å²) >= 11 is 0. The van der Waals surface area contributed by atoms with Gasteiger partial charge < -0.3 is 20.7 Å². The average molecular weight is 240 g/mol. The Morgan fingerprint density at radius 3 is 2.20 bits per heavy atom. The zero-order valence-electron chi connectivity index (χ0n) is 4.80. The van der Waals surface area contributed by atoms with E-state index in [4.69, 9.17) is 15.6 Å². The number of aliphatic hydroxyl groups excluding tert-OH is 1. The van der Waals surface area contributed by atoms with E-state index in [0.29, 0.717) is 0 Å². The summed E-state index contributed by atoms with van der Waals surface area (Å²) in [5, 5.41) is 32.3. The Balaban J connectivity index is 0. The molecule has 0 rings (SSSR count). The molecule has 0 saturated carbocycles. The van der Waals surface area contributed by atoms with Gasteiger partial charge in [0.2, 0.25) is 0 Å². The standard InChI is InChI=1S/C4H7NO4.Ag/c5-3(7)1-2(6)4(8)9;/h2,6H,1H2,(H2,5,7)(H,8,9);/q;+1/p-1/t2-;/m0./s1. The molecule has 3 N–H and O–H groups in total. The van der Waals surface area contributed by atoms with Gasteiger partial charge >= 0.3 is 28.3 Å². The van der Waals surface area contributed by atoms with Crippen LogP contribution in [0.3, 0.4) is 0 Å². The van der Waals surface area contributed by atoms with E-state index in [-0.39, 0.29) is 22.4 Å². The molecule has 0 aromatic heterocycles. The maximum absolute atomic E-state index is 9.80. The predicted octanol–water partition coefficient (Wildman–Crippen LogP) is -1.84. The zero-order valence-corrected chi connectivity index (χ0v) is 6.28. The number of carboxylic acid groups (broad SMARTS) is 1. The van der Waals surface area contributed by atoms with Gasteiger partial charge in [-0.15, -0.1) is 0 Å². The van der Waals surface area contributed by atoms with Crippen LogP contribution in [0.2, 0.25) is 0 Å². The fourth-order valence-corrected chi connectivity index (χ4v) is 0.263. The largest absolute Gasteiger partial charge is 1.00 e. The van der Waals surface area contributed by atoms with Gasteiger partial charge in [-0.05, 0) is 5.90 Å². The van der Waals surface area contributed by atoms with E-state index in [1.165, 1.54) is 0 Å². The Hall–Kier alpha value is -0.360. The number of aliphatic carboxylic acids is 1. The first-order valence-corrected chi connectivity index (χ1v) is 2.19. The molecule has 0 spiro atoms. The first kappa shape index (κ1) is 12.3. The summed E-state index contributed by atoms with van der Waals surface area (Å²) in [6.45, 7) is 0. The van der Waals surface area contributed by atoms with Crippen LogP contribution < -0.4 is 5.11 Å². The minimum atomic E-state index is -1.73. The van der Waals surface area contributed by atoms with Gasteiger partial charge in [0, 0.05) is 6.42 Å². The second-order valence-electron chi connectivity index (χ2n) is 1.48. The average Bonchev–Trinajstić information content (AvgIpc) is 1.63. The fourth-order valence-electron chi connectivity index (χ4n) is 0.263. The molecule has 6 heteroatoms. The maximum atomic E-state index is 9.80. The van der Waals surface area contributed by atoms with Crippen molar-refractivity contribution in [1.29, 1.82) is 5.41 Å². The monoisotopic (exact) mass is 239 g/mol. The summed E-state index contributed by atoms with van der Waals surface area (Å²) in [6.07, 6.45) is -2.37. The third kappa shape index (κ3) is 5.77. The van der Waals surface area contributed by atoms with Crippen molar-refractivity contribution in [1.82, 2.24) is 0 Å². The molecular weight excluding hydrogens is 234 g/mol. The van der Waals surface area contributed by atoms with Crippen molar-refractivity contribution in [2.75, 3.05) is 0 Å². The molecule has 0 aromatic carbocycles. The van der Waals surface area contributed by atoms with Crippen LogP contribution in [0, 0.1) is 5.41 Å². The van der Waals surface area contributed by atoms with Gasteiger partial charge in [-0.25, -0.2) is 4.79 Å². The first-order chi connectivity index (χ1) is 4.04. The van der Waals surface area contributed by atoms with Crippen molar-refractivity contribution in [2.24, 2.45) is 0 Å². The van der Waals surface area contributed by atoms with Gasteiger partial charge in [-0.2, -0.15) is 0 Å². The Morgan fingerprint density at radius 2 is 2.10 bits per heavy atom. The Bertz CT molecular complexity index is 137. The van der Waals surface area contributed by atoms with Crippen molar-refractivity contribution in [3.05, 3.63) is 0 Å². The third-order valence-corrected chi connectivity index (χ3v) is 0.664. The summed E-state index contributed by atoms with van der Waals surface area (Å²) in [4.78, 5) is 9.75. The van der Waals surface area contributed by atoms with Gasteiger partial charge in [0.25, 0.3) is 0 Å². The molecule has 0 heterocycles. The van der Waals surface area contributed by atoms with E-state index in [1.807, 2.05) is 0 Å². The summed E-state index contributed by atoms with van der Waals surface area (Å²) in [5.41, 5.74) is 0. The van der Waals surface area contributed by atoms with Crippen LogP contribution in [0.15, 0.2) is 0 Å². The molecular formula is C4H6AgNO4. The third-order valence-electron chi connectivity index (χ3n) is 0.664. The van der Waals surface area contributed by atoms with Crippen molar-refractivity contribution in [2.45, 2.75) is 12.5 Å². The number of carbonyl (C=O) groups is 1. The summed E-state index contributed by atoms with van der Waals surface area (Å²) in [5.74, 6) is -2.56. The Morgan fingerprint density at radius 1 is 1.70 bits per heavy atom. The number of hydrogen-bond acceptors (Lipinski definition) is 4. The quantitative estimate of drug-likeness (QED) is 0.306. The van der Waals surface area contributed by atoms with Gasteiger partial charge in [0.1, 0.15) is 0 Å². The van der Waals surface area contributed by atoms with E-state index in [9.17, 15) is 9.90 Å². The number of rotatable bonds is 3. The maximum Gasteiger partial charge on any atom is 1.00 e. The molecule has 0 unspecified atom stereocenters. The van der Waals surface area contributed by atoms with Gasteiger partial charge in [0.05, 0.1) is 0 Å². The van der Waals surface area contributed by atoms with Gasteiger partial charge in [-0.1, -0.05) is 0 Å². The smallest absolute Gasteiger partial charge is 0.862 e. The van der Waals surface area contributed by atoms with Crippen LogP contribution in [0.25, 0.3) is 0 Å². The molecule has 0 bridgehead atoms. The Kier molecular flexibility index (Phi) is 6.69. The van der Waals surface area contributed by atoms with E-state index in [0.717, 1.165) is 0 Å². The number of aliphatic hydroxyl groups is 1. The summed E-state index contributed by atoms with van der Waals surface area (Å²) in [6, 6.07) is 0. The first-order valence-electron chi connectivity index (χ1n) is 2.19. The molecule has 0 aliphatic carbocycles. The van der Waals surface area contributed by atoms with E-state index in [1.54, 1.807) is 0 Å². The predicted molar refractivity (Wildman–Crippen MR) is 26.0 cm³/mol. The molecule has 10 heavy (non-hydrogen) atoms. The molecule has 0 amide bonds. The second-order valence-corrected chi connectivity index (χ2v) is 1.48. The van der Waals surface area contributed by atoms with Crippen LogP contribution in [0.4, 0.5) is 0 Å². The normalized spacial score (nSPS) is 11.3. The topological polar surface area (TPSA) is 104 Å². The van der Waals surface area contributed by atoms with Crippen molar-refractivity contribution in [3.63, 3.8) is 0 Å². The van der Waals surface area contributed by atoms with Crippen LogP contribution >= 0.6 is 0 Å². The second kappa shape index (κ2) is 5.43. The zero-order chi connectivity index (χ0) is 7.44. The van der Waals surface area contributed by atoms with E-state index in [2.05, 4.69) is 0 Å². The molecule has 0 aliphatic heterocycles. The van der Waals surface area contributed by atoms with Crippen molar-refractivity contribution < 1.29 is 42.5 Å². The van der Waals surface area contributed by atoms with E-state index < -0.39 is 24.4 Å². The number of carboxylic acids is 1. The number of nitrogens with one attached hydrogen (secondary N) is 1. The fraction of sp³-hybridized carbons (Fsp3) is 0.500. The SMILES string of the molecule is N=C([O-])C[C@H](O)C(=O)O.[Ag+]. The molecule has 0 radical (unpaired) electrons. The van der Waals surface area contributed by atoms with Gasteiger partial charge in [0.15, 0.2) is 6.10 Å². The van der Waals surface area contributed by atoms with Crippen LogP contribution in [-0.2, 0) is 27.2 Å². The number of hydrogen-bond donors (Lipinski definition) is 3. The van der Waals surface area contributed by atoms with E-state index >= 15 is 0 Å². The molecule has 0 aromatic rings.